The quantitative estimate of drug-likeness (QED) is 0.542. The fourth-order valence-corrected chi connectivity index (χ4v) is 4.04. The first-order valence-corrected chi connectivity index (χ1v) is 9.51. The average molecular weight is 363 g/mol. The van der Waals surface area contributed by atoms with Crippen molar-refractivity contribution in [3.8, 4) is 5.75 Å². The van der Waals surface area contributed by atoms with Crippen molar-refractivity contribution in [1.82, 2.24) is 9.55 Å². The summed E-state index contributed by atoms with van der Waals surface area (Å²) in [5.74, 6) is 0.846. The lowest BCUT2D eigenvalue weighted by atomic mass is 10.1. The summed E-state index contributed by atoms with van der Waals surface area (Å²) in [4.78, 5) is 9.19. The van der Waals surface area contributed by atoms with Crippen molar-refractivity contribution in [2.24, 2.45) is 4.99 Å². The molecular formula is C21H21N3OS. The zero-order valence-corrected chi connectivity index (χ0v) is 15.7. The van der Waals surface area contributed by atoms with Crippen molar-refractivity contribution < 1.29 is 4.74 Å². The minimum absolute atomic E-state index is 0.846. The Hall–Kier alpha value is -2.79. The molecular weight excluding hydrogens is 342 g/mol. The molecule has 4 nitrogen and oxygen atoms in total. The first kappa shape index (κ1) is 16.7. The number of H-pyrrole nitrogens is 1. The van der Waals surface area contributed by atoms with Gasteiger partial charge in [-0.05, 0) is 49.2 Å². The number of methoxy groups -OCH3 is 1. The van der Waals surface area contributed by atoms with Gasteiger partial charge in [-0.2, -0.15) is 0 Å². The van der Waals surface area contributed by atoms with Crippen molar-refractivity contribution in [2.45, 2.75) is 19.9 Å². The largest absolute Gasteiger partial charge is 0.497 e. The number of fused-ring (bicyclic) bond motifs is 1. The number of ether oxygens (including phenoxy) is 1. The third-order valence-corrected chi connectivity index (χ3v) is 5.55. The Balaban J connectivity index is 1.61. The van der Waals surface area contributed by atoms with E-state index >= 15 is 0 Å². The van der Waals surface area contributed by atoms with E-state index in [1.807, 2.05) is 24.3 Å². The smallest absolute Gasteiger partial charge is 0.190 e. The fraction of sp³-hybridized carbons (Fsp3) is 0.190. The summed E-state index contributed by atoms with van der Waals surface area (Å²) in [7, 11) is 1.67. The van der Waals surface area contributed by atoms with Gasteiger partial charge >= 0.3 is 0 Å². The maximum Gasteiger partial charge on any atom is 0.190 e. The molecule has 0 fully saturated rings. The lowest BCUT2D eigenvalue weighted by Gasteiger charge is -2.06. The maximum absolute atomic E-state index is 5.22. The molecule has 132 valence electrons. The van der Waals surface area contributed by atoms with Crippen molar-refractivity contribution >= 4 is 27.9 Å². The standard InChI is InChI=1S/C21H21N3OS/c1-15-14-26-21(23-17-7-9-18(25-2)10-8-17)24(15)12-11-16-13-22-20-6-4-3-5-19(16)20/h3-10,13-14,22H,11-12H2,1-2H3. The average Bonchev–Trinajstić information content (AvgIpc) is 3.24. The van der Waals surface area contributed by atoms with E-state index in [0.717, 1.165) is 29.2 Å². The number of aromatic nitrogens is 2. The van der Waals surface area contributed by atoms with Crippen molar-refractivity contribution in [2.75, 3.05) is 7.11 Å². The molecule has 26 heavy (non-hydrogen) atoms. The molecule has 0 amide bonds. The number of nitrogens with one attached hydrogen (secondary N) is 1. The molecule has 2 aromatic carbocycles. The van der Waals surface area contributed by atoms with Gasteiger partial charge < -0.3 is 14.3 Å². The van der Waals surface area contributed by atoms with Crippen LogP contribution in [-0.2, 0) is 13.0 Å². The lowest BCUT2D eigenvalue weighted by Crippen LogP contribution is -2.17. The Bertz CT molecular complexity index is 1090. The van der Waals surface area contributed by atoms with E-state index in [1.165, 1.54) is 22.2 Å². The lowest BCUT2D eigenvalue weighted by molar-refractivity contribution is 0.415. The molecule has 0 atom stereocenters. The molecule has 0 saturated heterocycles. The van der Waals surface area contributed by atoms with Crippen molar-refractivity contribution in [1.29, 1.82) is 0 Å². The summed E-state index contributed by atoms with van der Waals surface area (Å²) in [5.41, 5.74) is 4.71. The number of hydrogen-bond donors (Lipinski definition) is 1. The second-order valence-electron chi connectivity index (χ2n) is 6.23. The Morgan fingerprint density at radius 2 is 1.92 bits per heavy atom. The van der Waals surface area contributed by atoms with Crippen LogP contribution >= 0.6 is 11.3 Å². The molecule has 4 aromatic rings. The Morgan fingerprint density at radius 3 is 2.73 bits per heavy atom. The first-order chi connectivity index (χ1) is 12.7. The van der Waals surface area contributed by atoms with Crippen LogP contribution in [0.1, 0.15) is 11.3 Å². The van der Waals surface area contributed by atoms with Crippen LogP contribution in [0.5, 0.6) is 5.75 Å². The molecule has 0 aliphatic carbocycles. The van der Waals surface area contributed by atoms with Gasteiger partial charge in [0, 0.05) is 34.7 Å². The third-order valence-electron chi connectivity index (χ3n) is 4.57. The zero-order chi connectivity index (χ0) is 17.9. The van der Waals surface area contributed by atoms with Crippen LogP contribution in [0.15, 0.2) is 65.1 Å². The third kappa shape index (κ3) is 3.30. The van der Waals surface area contributed by atoms with Crippen LogP contribution in [0.2, 0.25) is 0 Å². The molecule has 4 rings (SSSR count). The summed E-state index contributed by atoms with van der Waals surface area (Å²) in [5, 5.41) is 3.46. The van der Waals surface area contributed by atoms with Crippen LogP contribution in [0, 0.1) is 6.92 Å². The second-order valence-corrected chi connectivity index (χ2v) is 7.07. The number of benzene rings is 2. The van der Waals surface area contributed by atoms with Crippen molar-refractivity contribution in [3.63, 3.8) is 0 Å². The highest BCUT2D eigenvalue weighted by Gasteiger charge is 2.06. The number of aryl methyl sites for hydroxylation is 2. The van der Waals surface area contributed by atoms with Gasteiger partial charge in [-0.3, -0.25) is 0 Å². The van der Waals surface area contributed by atoms with E-state index in [4.69, 9.17) is 9.73 Å². The molecule has 0 aliphatic heterocycles. The number of nitrogens with zero attached hydrogens (tertiary/aromatic N) is 2. The molecule has 0 saturated carbocycles. The minimum Gasteiger partial charge on any atom is -0.497 e. The summed E-state index contributed by atoms with van der Waals surface area (Å²) in [6, 6.07) is 16.3. The highest BCUT2D eigenvalue weighted by Crippen LogP contribution is 2.20. The van der Waals surface area contributed by atoms with Crippen LogP contribution in [-0.4, -0.2) is 16.7 Å². The van der Waals surface area contributed by atoms with E-state index in [0.29, 0.717) is 0 Å². The van der Waals surface area contributed by atoms with Gasteiger partial charge in [-0.1, -0.05) is 18.2 Å². The maximum atomic E-state index is 5.22. The second kappa shape index (κ2) is 7.22. The Morgan fingerprint density at radius 1 is 1.12 bits per heavy atom. The first-order valence-electron chi connectivity index (χ1n) is 8.63. The number of rotatable bonds is 5. The molecule has 0 bridgehead atoms. The molecule has 2 aromatic heterocycles. The van der Waals surface area contributed by atoms with Crippen LogP contribution in [0.4, 0.5) is 5.69 Å². The van der Waals surface area contributed by atoms with E-state index in [2.05, 4.69) is 52.3 Å². The van der Waals surface area contributed by atoms with Crippen LogP contribution in [0.3, 0.4) is 0 Å². The molecule has 0 radical (unpaired) electrons. The van der Waals surface area contributed by atoms with E-state index in [-0.39, 0.29) is 0 Å². The van der Waals surface area contributed by atoms with Gasteiger partial charge in [0.15, 0.2) is 4.80 Å². The van der Waals surface area contributed by atoms with Gasteiger partial charge in [0.05, 0.1) is 12.8 Å². The molecule has 0 aliphatic rings. The van der Waals surface area contributed by atoms with Crippen LogP contribution in [0.25, 0.3) is 10.9 Å². The summed E-state index contributed by atoms with van der Waals surface area (Å²) in [6.45, 7) is 3.05. The normalized spacial score (nSPS) is 12.0. The van der Waals surface area contributed by atoms with Crippen molar-refractivity contribution in [3.05, 3.63) is 76.2 Å². The molecule has 5 heteroatoms. The summed E-state index contributed by atoms with van der Waals surface area (Å²) >= 11 is 1.68. The zero-order valence-electron chi connectivity index (χ0n) is 14.9. The number of aromatic amines is 1. The van der Waals surface area contributed by atoms with Crippen LogP contribution < -0.4 is 9.54 Å². The van der Waals surface area contributed by atoms with Gasteiger partial charge in [0.25, 0.3) is 0 Å². The van der Waals surface area contributed by atoms with E-state index in [9.17, 15) is 0 Å². The highest BCUT2D eigenvalue weighted by atomic mass is 32.1. The van der Waals surface area contributed by atoms with E-state index < -0.39 is 0 Å². The molecule has 1 N–H and O–H groups in total. The number of thiazole rings is 1. The predicted octanol–water partition coefficient (Wildman–Crippen LogP) is 4.82. The summed E-state index contributed by atoms with van der Waals surface area (Å²) < 4.78 is 7.50. The van der Waals surface area contributed by atoms with Gasteiger partial charge in [-0.25, -0.2) is 4.99 Å². The minimum atomic E-state index is 0.846. The Kier molecular flexibility index (Phi) is 4.63. The monoisotopic (exact) mass is 363 g/mol. The topological polar surface area (TPSA) is 42.3 Å². The predicted molar refractivity (Wildman–Crippen MR) is 107 cm³/mol. The SMILES string of the molecule is COc1ccc(N=c2scc(C)n2CCc2c[nH]c3ccccc23)cc1. The highest BCUT2D eigenvalue weighted by molar-refractivity contribution is 7.07. The Labute approximate surface area is 156 Å². The number of para-hydroxylation sites is 1. The molecule has 0 spiro atoms. The molecule has 0 unspecified atom stereocenters. The van der Waals surface area contributed by atoms with Gasteiger partial charge in [-0.15, -0.1) is 11.3 Å². The van der Waals surface area contributed by atoms with E-state index in [1.54, 1.807) is 18.4 Å². The fourth-order valence-electron chi connectivity index (χ4n) is 3.11. The van der Waals surface area contributed by atoms with Gasteiger partial charge in [0.1, 0.15) is 5.75 Å². The van der Waals surface area contributed by atoms with Gasteiger partial charge in [0.2, 0.25) is 0 Å². The molecule has 2 heterocycles. The summed E-state index contributed by atoms with van der Waals surface area (Å²) in [6.07, 6.45) is 3.09. The number of hydrogen-bond acceptors (Lipinski definition) is 3.